The average molecular weight is 179 g/mol. The van der Waals surface area contributed by atoms with Gasteiger partial charge in [0.2, 0.25) is 0 Å². The molecule has 0 spiro atoms. The second-order valence-electron chi connectivity index (χ2n) is 4.09. The Morgan fingerprint density at radius 1 is 1.08 bits per heavy atom. The van der Waals surface area contributed by atoms with Gasteiger partial charge >= 0.3 is 0 Å². The largest absolute Gasteiger partial charge is 0.0890 e. The molecule has 65 valence electrons. The molecule has 0 aliphatic heterocycles. The van der Waals surface area contributed by atoms with E-state index in [0.29, 0.717) is 5.75 Å². The predicted octanol–water partition coefficient (Wildman–Crippen LogP) is 3.68. The van der Waals surface area contributed by atoms with Gasteiger partial charge in [-0.3, -0.25) is 0 Å². The van der Waals surface area contributed by atoms with Gasteiger partial charge in [0, 0.05) is 5.75 Å². The standard InChI is InChI=1S/C11H15S/c1-11(2,3)10-6-4-9(8-12)5-7-10/h4-7H,8H2,1-3H3. The van der Waals surface area contributed by atoms with Crippen LogP contribution >= 0.6 is 12.6 Å². The summed E-state index contributed by atoms with van der Waals surface area (Å²) in [5, 5.41) is 0. The van der Waals surface area contributed by atoms with Gasteiger partial charge in [0.25, 0.3) is 0 Å². The van der Waals surface area contributed by atoms with Crippen molar-refractivity contribution < 1.29 is 0 Å². The Morgan fingerprint density at radius 2 is 1.58 bits per heavy atom. The van der Waals surface area contributed by atoms with Gasteiger partial charge in [-0.05, 0) is 16.5 Å². The van der Waals surface area contributed by atoms with Crippen molar-refractivity contribution in [2.45, 2.75) is 31.9 Å². The van der Waals surface area contributed by atoms with Gasteiger partial charge in [-0.25, -0.2) is 0 Å². The van der Waals surface area contributed by atoms with Crippen LogP contribution in [0.25, 0.3) is 0 Å². The first kappa shape index (κ1) is 9.66. The van der Waals surface area contributed by atoms with Gasteiger partial charge in [0.05, 0.1) is 0 Å². The molecule has 0 saturated carbocycles. The van der Waals surface area contributed by atoms with Crippen molar-refractivity contribution in [3.8, 4) is 0 Å². The minimum absolute atomic E-state index is 0.250. The van der Waals surface area contributed by atoms with E-state index >= 15 is 0 Å². The molecule has 0 aliphatic rings. The van der Waals surface area contributed by atoms with Crippen molar-refractivity contribution >= 4 is 12.6 Å². The van der Waals surface area contributed by atoms with Gasteiger partial charge in [-0.2, -0.15) is 0 Å². The van der Waals surface area contributed by atoms with Gasteiger partial charge in [0.15, 0.2) is 0 Å². The normalized spacial score (nSPS) is 11.7. The van der Waals surface area contributed by atoms with E-state index < -0.39 is 0 Å². The third-order valence-corrected chi connectivity index (χ3v) is 2.32. The van der Waals surface area contributed by atoms with Crippen LogP contribution in [0.3, 0.4) is 0 Å². The van der Waals surface area contributed by atoms with Crippen LogP contribution in [0.4, 0.5) is 0 Å². The molecule has 0 fully saturated rings. The highest BCUT2D eigenvalue weighted by atomic mass is 32.1. The SMILES string of the molecule is CC(C)(C)c1ccc(C[S])cc1. The van der Waals surface area contributed by atoms with E-state index in [0.717, 1.165) is 0 Å². The summed E-state index contributed by atoms with van der Waals surface area (Å²) in [5.74, 6) is 0.713. The molecule has 0 amide bonds. The summed E-state index contributed by atoms with van der Waals surface area (Å²) >= 11 is 4.96. The average Bonchev–Trinajstić information content (AvgIpc) is 2.03. The van der Waals surface area contributed by atoms with Crippen molar-refractivity contribution in [1.82, 2.24) is 0 Å². The number of hydrogen-bond acceptors (Lipinski definition) is 0. The molecule has 1 heteroatoms. The maximum atomic E-state index is 4.96. The van der Waals surface area contributed by atoms with Crippen LogP contribution in [0.1, 0.15) is 31.9 Å². The molecule has 12 heavy (non-hydrogen) atoms. The van der Waals surface area contributed by atoms with Gasteiger partial charge in [0.1, 0.15) is 0 Å². The number of rotatable bonds is 1. The van der Waals surface area contributed by atoms with Crippen LogP contribution in [-0.4, -0.2) is 0 Å². The Kier molecular flexibility index (Phi) is 2.84. The first-order valence-corrected chi connectivity index (χ1v) is 4.79. The topological polar surface area (TPSA) is 0 Å². The molecule has 0 atom stereocenters. The third kappa shape index (κ3) is 2.28. The zero-order valence-corrected chi connectivity index (χ0v) is 8.74. The summed E-state index contributed by atoms with van der Waals surface area (Å²) in [6.07, 6.45) is 0. The summed E-state index contributed by atoms with van der Waals surface area (Å²) in [4.78, 5) is 0. The van der Waals surface area contributed by atoms with E-state index in [4.69, 9.17) is 12.6 Å². The van der Waals surface area contributed by atoms with Crippen molar-refractivity contribution in [3.63, 3.8) is 0 Å². The fraction of sp³-hybridized carbons (Fsp3) is 0.455. The molecule has 0 N–H and O–H groups in total. The summed E-state index contributed by atoms with van der Waals surface area (Å²) < 4.78 is 0. The minimum Gasteiger partial charge on any atom is -0.0890 e. The second kappa shape index (κ2) is 3.53. The van der Waals surface area contributed by atoms with Gasteiger partial charge in [-0.15, -0.1) is 0 Å². The fourth-order valence-electron chi connectivity index (χ4n) is 1.10. The van der Waals surface area contributed by atoms with E-state index in [-0.39, 0.29) is 5.41 Å². The van der Waals surface area contributed by atoms with Crippen LogP contribution < -0.4 is 0 Å². The molecule has 0 heterocycles. The smallest absolute Gasteiger partial charge is 0.0288 e. The lowest BCUT2D eigenvalue weighted by Crippen LogP contribution is -2.10. The molecule has 0 aromatic heterocycles. The quantitative estimate of drug-likeness (QED) is 0.617. The Hall–Kier alpha value is -0.430. The monoisotopic (exact) mass is 179 g/mol. The van der Waals surface area contributed by atoms with E-state index in [1.807, 2.05) is 0 Å². The molecule has 0 unspecified atom stereocenters. The van der Waals surface area contributed by atoms with E-state index in [2.05, 4.69) is 45.0 Å². The molecule has 0 aliphatic carbocycles. The van der Waals surface area contributed by atoms with E-state index in [1.165, 1.54) is 11.1 Å². The lowest BCUT2D eigenvalue weighted by molar-refractivity contribution is 0.590. The van der Waals surface area contributed by atoms with Crippen LogP contribution in [-0.2, 0) is 11.2 Å². The Morgan fingerprint density at radius 3 is 1.92 bits per heavy atom. The molecular formula is C11H15S. The van der Waals surface area contributed by atoms with Crippen molar-refractivity contribution in [2.24, 2.45) is 0 Å². The summed E-state index contributed by atoms with van der Waals surface area (Å²) in [6.45, 7) is 6.65. The van der Waals surface area contributed by atoms with Crippen molar-refractivity contribution in [2.75, 3.05) is 0 Å². The van der Waals surface area contributed by atoms with Crippen molar-refractivity contribution in [3.05, 3.63) is 35.4 Å². The molecular weight excluding hydrogens is 164 g/mol. The highest BCUT2D eigenvalue weighted by molar-refractivity contribution is 7.79. The number of benzene rings is 1. The highest BCUT2D eigenvalue weighted by Crippen LogP contribution is 2.22. The van der Waals surface area contributed by atoms with Crippen LogP contribution in [0, 0.1) is 0 Å². The molecule has 1 radical (unpaired) electrons. The zero-order valence-electron chi connectivity index (χ0n) is 7.92. The molecule has 0 saturated heterocycles. The Bertz CT molecular complexity index is 241. The molecule has 1 aromatic rings. The van der Waals surface area contributed by atoms with E-state index in [9.17, 15) is 0 Å². The third-order valence-electron chi connectivity index (χ3n) is 1.99. The summed E-state index contributed by atoms with van der Waals surface area (Å²) in [7, 11) is 0. The highest BCUT2D eigenvalue weighted by Gasteiger charge is 2.12. The molecule has 0 bridgehead atoms. The molecule has 1 rings (SSSR count). The lowest BCUT2D eigenvalue weighted by Gasteiger charge is -2.18. The number of hydrogen-bond donors (Lipinski definition) is 0. The van der Waals surface area contributed by atoms with Crippen LogP contribution in [0.5, 0.6) is 0 Å². The van der Waals surface area contributed by atoms with Gasteiger partial charge in [-0.1, -0.05) is 57.7 Å². The minimum atomic E-state index is 0.250. The van der Waals surface area contributed by atoms with Crippen LogP contribution in [0.2, 0.25) is 0 Å². The van der Waals surface area contributed by atoms with Gasteiger partial charge < -0.3 is 0 Å². The predicted molar refractivity (Wildman–Crippen MR) is 56.4 cm³/mol. The summed E-state index contributed by atoms with van der Waals surface area (Å²) in [5.41, 5.74) is 2.85. The fourth-order valence-corrected chi connectivity index (χ4v) is 1.29. The maximum Gasteiger partial charge on any atom is 0.0288 e. The first-order chi connectivity index (χ1) is 5.54. The van der Waals surface area contributed by atoms with Crippen molar-refractivity contribution in [1.29, 1.82) is 0 Å². The maximum absolute atomic E-state index is 4.96. The Labute approximate surface area is 80.4 Å². The molecule has 0 nitrogen and oxygen atoms in total. The van der Waals surface area contributed by atoms with Crippen LogP contribution in [0.15, 0.2) is 24.3 Å². The summed E-state index contributed by atoms with van der Waals surface area (Å²) in [6, 6.07) is 8.57. The van der Waals surface area contributed by atoms with E-state index in [1.54, 1.807) is 0 Å². The first-order valence-electron chi connectivity index (χ1n) is 4.21. The molecule has 1 aromatic carbocycles. The Balaban J connectivity index is 2.93. The zero-order chi connectivity index (χ0) is 9.19. The lowest BCUT2D eigenvalue weighted by atomic mass is 9.87. The second-order valence-corrected chi connectivity index (χ2v) is 4.38.